The van der Waals surface area contributed by atoms with Crippen LogP contribution in [0.2, 0.25) is 0 Å². The van der Waals surface area contributed by atoms with Crippen LogP contribution in [0.3, 0.4) is 0 Å². The molecule has 1 aromatic heterocycles. The molecule has 2 aromatic carbocycles. The second kappa shape index (κ2) is 6.92. The van der Waals surface area contributed by atoms with Crippen molar-refractivity contribution in [1.29, 1.82) is 0 Å². The number of benzene rings is 2. The number of halogens is 1. The van der Waals surface area contributed by atoms with E-state index in [2.05, 4.69) is 0 Å². The van der Waals surface area contributed by atoms with E-state index in [9.17, 15) is 23.9 Å². The van der Waals surface area contributed by atoms with Crippen LogP contribution in [0.25, 0.3) is 10.9 Å². The highest BCUT2D eigenvalue weighted by molar-refractivity contribution is 5.95. The quantitative estimate of drug-likeness (QED) is 0.755. The number of anilines is 1. The summed E-state index contributed by atoms with van der Waals surface area (Å²) in [5.74, 6) is -2.05. The van der Waals surface area contributed by atoms with E-state index in [0.717, 1.165) is 23.7 Å². The van der Waals surface area contributed by atoms with Crippen LogP contribution in [0.15, 0.2) is 53.5 Å². The molecular formula is C21H17FN2O4. The van der Waals surface area contributed by atoms with Gasteiger partial charge in [0, 0.05) is 31.4 Å². The Kier molecular flexibility index (Phi) is 4.43. The zero-order valence-electron chi connectivity index (χ0n) is 14.9. The summed E-state index contributed by atoms with van der Waals surface area (Å²) in [7, 11) is 0. The summed E-state index contributed by atoms with van der Waals surface area (Å²) in [6, 6.07) is 11.6. The molecule has 0 radical (unpaired) electrons. The van der Waals surface area contributed by atoms with E-state index in [1.807, 2.05) is 24.3 Å². The second-order valence-corrected chi connectivity index (χ2v) is 6.75. The van der Waals surface area contributed by atoms with Crippen LogP contribution in [0.1, 0.15) is 28.8 Å². The van der Waals surface area contributed by atoms with E-state index in [1.165, 1.54) is 12.3 Å². The van der Waals surface area contributed by atoms with Gasteiger partial charge in [-0.2, -0.15) is 0 Å². The molecule has 142 valence electrons. The molecule has 0 atom stereocenters. The zero-order valence-corrected chi connectivity index (χ0v) is 14.9. The maximum absolute atomic E-state index is 14.2. The van der Waals surface area contributed by atoms with Gasteiger partial charge < -0.3 is 14.6 Å². The Morgan fingerprint density at radius 3 is 2.50 bits per heavy atom. The molecule has 1 N–H and O–H groups in total. The lowest BCUT2D eigenvalue weighted by molar-refractivity contribution is -0.117. The third-order valence-corrected chi connectivity index (χ3v) is 4.96. The Labute approximate surface area is 159 Å². The summed E-state index contributed by atoms with van der Waals surface area (Å²) in [6.07, 6.45) is 2.63. The minimum absolute atomic E-state index is 0.0979. The van der Waals surface area contributed by atoms with Crippen LogP contribution in [0.5, 0.6) is 0 Å². The first kappa shape index (κ1) is 17.9. The SMILES string of the molecule is O=C(O)c1cn(Cc2ccc(N3CCCC3=O)cc2)c2cccc(F)c2c1=O. The predicted octanol–water partition coefficient (Wildman–Crippen LogP) is 3.01. The summed E-state index contributed by atoms with van der Waals surface area (Å²) < 4.78 is 15.8. The minimum atomic E-state index is -1.40. The van der Waals surface area contributed by atoms with Crippen molar-refractivity contribution in [1.82, 2.24) is 4.57 Å². The minimum Gasteiger partial charge on any atom is -0.477 e. The van der Waals surface area contributed by atoms with Crippen molar-refractivity contribution in [3.63, 3.8) is 0 Å². The van der Waals surface area contributed by atoms with E-state index >= 15 is 0 Å². The standard InChI is InChI=1S/C21H17FN2O4/c22-16-3-1-4-17-19(16)20(26)15(21(27)28)12-23(17)11-13-6-8-14(9-7-13)24-10-2-5-18(24)25/h1,3-4,6-9,12H,2,5,10-11H2,(H,27,28). The highest BCUT2D eigenvalue weighted by atomic mass is 19.1. The van der Waals surface area contributed by atoms with Gasteiger partial charge in [0.1, 0.15) is 11.4 Å². The average Bonchev–Trinajstić information content (AvgIpc) is 3.10. The molecule has 0 aliphatic carbocycles. The normalized spacial score (nSPS) is 14.0. The van der Waals surface area contributed by atoms with Gasteiger partial charge in [0.05, 0.1) is 10.9 Å². The van der Waals surface area contributed by atoms with Crippen molar-refractivity contribution < 1.29 is 19.1 Å². The lowest BCUT2D eigenvalue weighted by Gasteiger charge is -2.17. The molecule has 3 aromatic rings. The third-order valence-electron chi connectivity index (χ3n) is 4.96. The molecule has 1 aliphatic rings. The number of carbonyl (C=O) groups is 2. The topological polar surface area (TPSA) is 79.6 Å². The Hall–Kier alpha value is -3.48. The maximum atomic E-state index is 14.2. The maximum Gasteiger partial charge on any atom is 0.341 e. The molecule has 1 aliphatic heterocycles. The van der Waals surface area contributed by atoms with Gasteiger partial charge in [-0.15, -0.1) is 0 Å². The average molecular weight is 380 g/mol. The highest BCUT2D eigenvalue weighted by Gasteiger charge is 2.21. The molecule has 0 saturated carbocycles. The van der Waals surface area contributed by atoms with Gasteiger partial charge in [-0.25, -0.2) is 9.18 Å². The Balaban J connectivity index is 1.74. The van der Waals surface area contributed by atoms with E-state index in [1.54, 1.807) is 15.5 Å². The van der Waals surface area contributed by atoms with Crippen LogP contribution in [-0.4, -0.2) is 28.1 Å². The van der Waals surface area contributed by atoms with Crippen molar-refractivity contribution in [3.05, 3.63) is 75.8 Å². The lowest BCUT2D eigenvalue weighted by atomic mass is 10.1. The van der Waals surface area contributed by atoms with Crippen LogP contribution in [0.4, 0.5) is 10.1 Å². The first-order valence-electron chi connectivity index (χ1n) is 8.90. The Morgan fingerprint density at radius 1 is 1.11 bits per heavy atom. The van der Waals surface area contributed by atoms with E-state index in [-0.39, 0.29) is 17.8 Å². The van der Waals surface area contributed by atoms with Crippen molar-refractivity contribution in [2.75, 3.05) is 11.4 Å². The number of hydrogen-bond acceptors (Lipinski definition) is 3. The molecule has 1 amide bonds. The number of carboxylic acids is 1. The van der Waals surface area contributed by atoms with Crippen molar-refractivity contribution in [2.24, 2.45) is 0 Å². The van der Waals surface area contributed by atoms with Gasteiger partial charge in [-0.1, -0.05) is 18.2 Å². The van der Waals surface area contributed by atoms with E-state index < -0.39 is 22.8 Å². The molecule has 0 unspecified atom stereocenters. The van der Waals surface area contributed by atoms with E-state index in [0.29, 0.717) is 18.5 Å². The van der Waals surface area contributed by atoms with Gasteiger partial charge >= 0.3 is 5.97 Å². The van der Waals surface area contributed by atoms with Gasteiger partial charge in [0.15, 0.2) is 0 Å². The van der Waals surface area contributed by atoms with Crippen LogP contribution in [-0.2, 0) is 11.3 Å². The summed E-state index contributed by atoms with van der Waals surface area (Å²) in [6.45, 7) is 0.957. The largest absolute Gasteiger partial charge is 0.477 e. The molecule has 0 spiro atoms. The first-order valence-corrected chi connectivity index (χ1v) is 8.90. The molecule has 1 saturated heterocycles. The van der Waals surface area contributed by atoms with Gasteiger partial charge in [-0.3, -0.25) is 9.59 Å². The number of hydrogen-bond donors (Lipinski definition) is 1. The first-order chi connectivity index (χ1) is 13.5. The molecule has 28 heavy (non-hydrogen) atoms. The molecule has 7 heteroatoms. The molecule has 0 bridgehead atoms. The fraction of sp³-hybridized carbons (Fsp3) is 0.190. The summed E-state index contributed by atoms with van der Waals surface area (Å²) in [5, 5.41) is 9.08. The summed E-state index contributed by atoms with van der Waals surface area (Å²) in [5.41, 5.74) is 0.666. The molecule has 4 rings (SSSR count). The number of carboxylic acid groups (broad SMARTS) is 1. The number of aromatic carboxylic acids is 1. The molecular weight excluding hydrogens is 363 g/mol. The monoisotopic (exact) mass is 380 g/mol. The van der Waals surface area contributed by atoms with Crippen molar-refractivity contribution in [2.45, 2.75) is 19.4 Å². The Morgan fingerprint density at radius 2 is 1.86 bits per heavy atom. The Bertz CT molecular complexity index is 1150. The van der Waals surface area contributed by atoms with Gasteiger partial charge in [0.2, 0.25) is 11.3 Å². The number of amides is 1. The lowest BCUT2D eigenvalue weighted by Crippen LogP contribution is -2.23. The number of aromatic nitrogens is 1. The smallest absolute Gasteiger partial charge is 0.341 e. The number of nitrogens with zero attached hydrogens (tertiary/aromatic N) is 2. The van der Waals surface area contributed by atoms with Crippen LogP contribution < -0.4 is 10.3 Å². The van der Waals surface area contributed by atoms with Crippen molar-refractivity contribution in [3.8, 4) is 0 Å². The van der Waals surface area contributed by atoms with E-state index in [4.69, 9.17) is 0 Å². The second-order valence-electron chi connectivity index (χ2n) is 6.75. The fourth-order valence-electron chi connectivity index (χ4n) is 3.58. The fourth-order valence-corrected chi connectivity index (χ4v) is 3.58. The predicted molar refractivity (Wildman–Crippen MR) is 102 cm³/mol. The highest BCUT2D eigenvalue weighted by Crippen LogP contribution is 2.23. The molecule has 6 nitrogen and oxygen atoms in total. The molecule has 1 fully saturated rings. The summed E-state index contributed by atoms with van der Waals surface area (Å²) >= 11 is 0. The van der Waals surface area contributed by atoms with Gasteiger partial charge in [-0.05, 0) is 36.2 Å². The number of carbonyl (C=O) groups excluding carboxylic acids is 1. The third kappa shape index (κ3) is 3.05. The van der Waals surface area contributed by atoms with Crippen LogP contribution in [0, 0.1) is 5.82 Å². The number of pyridine rings is 1. The zero-order chi connectivity index (χ0) is 19.8. The summed E-state index contributed by atoms with van der Waals surface area (Å²) in [4.78, 5) is 37.4. The number of rotatable bonds is 4. The molecule has 2 heterocycles. The van der Waals surface area contributed by atoms with Crippen LogP contribution >= 0.6 is 0 Å². The number of fused-ring (bicyclic) bond motifs is 1. The van der Waals surface area contributed by atoms with Gasteiger partial charge in [0.25, 0.3) is 0 Å². The van der Waals surface area contributed by atoms with Crippen molar-refractivity contribution >= 4 is 28.5 Å².